The fourth-order valence-electron chi connectivity index (χ4n) is 6.54. The number of hydrogen-bond acceptors (Lipinski definition) is 5. The molecule has 226 valence electrons. The normalized spacial score (nSPS) is 16.0. The lowest BCUT2D eigenvalue weighted by molar-refractivity contribution is 0.0224. The number of anilines is 4. The maximum atomic E-state index is 13.6. The summed E-state index contributed by atoms with van der Waals surface area (Å²) in [6.07, 6.45) is 3.44. The van der Waals surface area contributed by atoms with E-state index in [4.69, 9.17) is 9.47 Å². The number of fused-ring (bicyclic) bond motifs is 6. The van der Waals surface area contributed by atoms with Crippen molar-refractivity contribution < 1.29 is 18.7 Å². The number of ether oxygens (including phenoxy) is 2. The molecule has 1 atom stereocenters. The Labute approximate surface area is 263 Å². The molecule has 0 radical (unpaired) electrons. The standard InChI is InChI=1S/C39H35FN2O3/c1-4-6-9-26-12-18-29(19-13-26)42(5-2)30-20-21-33-37(23-30)44-36-22-25(3)35(41-28-16-14-27(40)15-17-28)24-34(36)39(33)32-11-8-7-10-31(32)38(43)45-39/h7-8,10-24,41H,4-6,9H2,1-3H3. The third-order valence-electron chi connectivity index (χ3n) is 8.86. The minimum atomic E-state index is -1.19. The molecule has 2 heterocycles. The van der Waals surface area contributed by atoms with Crippen molar-refractivity contribution in [3.8, 4) is 11.5 Å². The number of nitrogens with zero attached hydrogens (tertiary/aromatic N) is 1. The van der Waals surface area contributed by atoms with Crippen LogP contribution in [0.1, 0.15) is 64.9 Å². The smallest absolute Gasteiger partial charge is 0.340 e. The fourth-order valence-corrected chi connectivity index (χ4v) is 6.54. The topological polar surface area (TPSA) is 50.8 Å². The number of benzene rings is 5. The Kier molecular flexibility index (Phi) is 7.28. The van der Waals surface area contributed by atoms with Gasteiger partial charge in [0.1, 0.15) is 17.3 Å². The first kappa shape index (κ1) is 28.7. The molecule has 5 aromatic carbocycles. The van der Waals surface area contributed by atoms with Crippen LogP contribution in [0.3, 0.4) is 0 Å². The quantitative estimate of drug-likeness (QED) is 0.180. The summed E-state index contributed by atoms with van der Waals surface area (Å²) in [7, 11) is 0. The number of rotatable bonds is 8. The molecule has 6 heteroatoms. The molecule has 0 amide bonds. The second kappa shape index (κ2) is 11.4. The Bertz CT molecular complexity index is 1900. The van der Waals surface area contributed by atoms with Crippen LogP contribution < -0.4 is 15.0 Å². The van der Waals surface area contributed by atoms with Crippen LogP contribution in [-0.4, -0.2) is 12.5 Å². The Hall–Kier alpha value is -5.10. The lowest BCUT2D eigenvalue weighted by atomic mass is 9.77. The van der Waals surface area contributed by atoms with Gasteiger partial charge in [-0.1, -0.05) is 43.7 Å². The predicted molar refractivity (Wildman–Crippen MR) is 177 cm³/mol. The molecule has 0 aromatic heterocycles. The first-order chi connectivity index (χ1) is 21.9. The van der Waals surface area contributed by atoms with Crippen molar-refractivity contribution in [1.29, 1.82) is 0 Å². The number of carbonyl (C=O) groups excluding carboxylic acids is 1. The highest BCUT2D eigenvalue weighted by molar-refractivity contribution is 5.97. The van der Waals surface area contributed by atoms with Crippen molar-refractivity contribution in [3.63, 3.8) is 0 Å². The van der Waals surface area contributed by atoms with Gasteiger partial charge in [0.05, 0.1) is 5.56 Å². The molecule has 1 N–H and O–H groups in total. The first-order valence-corrected chi connectivity index (χ1v) is 15.6. The Balaban J connectivity index is 1.34. The zero-order valence-electron chi connectivity index (χ0n) is 25.7. The molecule has 2 aliphatic heterocycles. The van der Waals surface area contributed by atoms with Gasteiger partial charge in [0.2, 0.25) is 0 Å². The molecule has 5 nitrogen and oxygen atoms in total. The molecular formula is C39H35FN2O3. The minimum absolute atomic E-state index is 0.300. The summed E-state index contributed by atoms with van der Waals surface area (Å²) in [6, 6.07) is 32.7. The molecule has 0 aliphatic carbocycles. The number of carbonyl (C=O) groups is 1. The second-order valence-electron chi connectivity index (χ2n) is 11.7. The van der Waals surface area contributed by atoms with E-state index in [2.05, 4.69) is 54.4 Å². The van der Waals surface area contributed by atoms with E-state index >= 15 is 0 Å². The summed E-state index contributed by atoms with van der Waals surface area (Å²) < 4.78 is 26.7. The number of halogens is 1. The van der Waals surface area contributed by atoms with Gasteiger partial charge in [0.25, 0.3) is 0 Å². The van der Waals surface area contributed by atoms with E-state index in [-0.39, 0.29) is 11.8 Å². The highest BCUT2D eigenvalue weighted by Crippen LogP contribution is 2.57. The summed E-state index contributed by atoms with van der Waals surface area (Å²) in [5, 5.41) is 3.41. The van der Waals surface area contributed by atoms with Crippen LogP contribution in [0.25, 0.3) is 0 Å². The zero-order valence-corrected chi connectivity index (χ0v) is 25.7. The van der Waals surface area contributed by atoms with Gasteiger partial charge in [0.15, 0.2) is 5.60 Å². The lowest BCUT2D eigenvalue weighted by Crippen LogP contribution is -2.33. The molecule has 45 heavy (non-hydrogen) atoms. The Morgan fingerprint density at radius 1 is 0.800 bits per heavy atom. The van der Waals surface area contributed by atoms with Gasteiger partial charge < -0.3 is 19.7 Å². The van der Waals surface area contributed by atoms with Crippen molar-refractivity contribution in [2.45, 2.75) is 45.6 Å². The number of esters is 1. The monoisotopic (exact) mass is 598 g/mol. The molecular weight excluding hydrogens is 563 g/mol. The van der Waals surface area contributed by atoms with Crippen molar-refractivity contribution in [1.82, 2.24) is 0 Å². The molecule has 1 unspecified atom stereocenters. The third kappa shape index (κ3) is 4.91. The summed E-state index contributed by atoms with van der Waals surface area (Å²) in [6.45, 7) is 7.11. The molecule has 0 bridgehead atoms. The Morgan fingerprint density at radius 2 is 1.53 bits per heavy atom. The minimum Gasteiger partial charge on any atom is -0.456 e. The third-order valence-corrected chi connectivity index (χ3v) is 8.86. The molecule has 1 spiro atoms. The van der Waals surface area contributed by atoms with Crippen LogP contribution in [0.5, 0.6) is 11.5 Å². The molecule has 0 saturated carbocycles. The molecule has 2 aliphatic rings. The van der Waals surface area contributed by atoms with Crippen LogP contribution in [0.4, 0.5) is 27.1 Å². The average molecular weight is 599 g/mol. The second-order valence-corrected chi connectivity index (χ2v) is 11.7. The fraction of sp³-hybridized carbons (Fsp3) is 0.205. The summed E-state index contributed by atoms with van der Waals surface area (Å²) in [5.41, 5.74) is 7.53. The van der Waals surface area contributed by atoms with Crippen LogP contribution in [0.15, 0.2) is 103 Å². The van der Waals surface area contributed by atoms with E-state index in [1.807, 2.05) is 55.5 Å². The van der Waals surface area contributed by atoms with E-state index < -0.39 is 5.60 Å². The van der Waals surface area contributed by atoms with E-state index in [0.29, 0.717) is 17.1 Å². The maximum absolute atomic E-state index is 13.6. The van der Waals surface area contributed by atoms with Crippen molar-refractivity contribution >= 4 is 28.7 Å². The maximum Gasteiger partial charge on any atom is 0.340 e. The predicted octanol–water partition coefficient (Wildman–Crippen LogP) is 9.95. The van der Waals surface area contributed by atoms with Gasteiger partial charge >= 0.3 is 5.97 Å². The molecule has 7 rings (SSSR count). The number of nitrogens with one attached hydrogen (secondary N) is 1. The van der Waals surface area contributed by atoms with Crippen molar-refractivity contribution in [2.75, 3.05) is 16.8 Å². The van der Waals surface area contributed by atoms with Gasteiger partial charge in [-0.3, -0.25) is 0 Å². The molecule has 0 fully saturated rings. The molecule has 0 saturated heterocycles. The van der Waals surface area contributed by atoms with Gasteiger partial charge in [0, 0.05) is 52.1 Å². The number of unbranched alkanes of at least 4 members (excludes halogenated alkanes) is 1. The summed E-state index contributed by atoms with van der Waals surface area (Å²) >= 11 is 0. The van der Waals surface area contributed by atoms with Gasteiger partial charge in [-0.05, 0) is 105 Å². The van der Waals surface area contributed by atoms with Gasteiger partial charge in [-0.25, -0.2) is 9.18 Å². The van der Waals surface area contributed by atoms with E-state index in [1.165, 1.54) is 30.5 Å². The number of hydrogen-bond donors (Lipinski definition) is 1. The van der Waals surface area contributed by atoms with E-state index in [1.54, 1.807) is 12.1 Å². The van der Waals surface area contributed by atoms with Crippen molar-refractivity contribution in [3.05, 3.63) is 142 Å². The molecule has 5 aromatic rings. The highest BCUT2D eigenvalue weighted by Gasteiger charge is 2.53. The average Bonchev–Trinajstić information content (AvgIpc) is 3.35. The highest BCUT2D eigenvalue weighted by atomic mass is 19.1. The van der Waals surface area contributed by atoms with Gasteiger partial charge in [-0.15, -0.1) is 0 Å². The Morgan fingerprint density at radius 3 is 2.29 bits per heavy atom. The first-order valence-electron chi connectivity index (χ1n) is 15.6. The largest absolute Gasteiger partial charge is 0.456 e. The lowest BCUT2D eigenvalue weighted by Gasteiger charge is -2.38. The van der Waals surface area contributed by atoms with Gasteiger partial charge in [-0.2, -0.15) is 0 Å². The van der Waals surface area contributed by atoms with E-state index in [0.717, 1.165) is 58.0 Å². The van der Waals surface area contributed by atoms with Crippen LogP contribution >= 0.6 is 0 Å². The van der Waals surface area contributed by atoms with Crippen LogP contribution in [0, 0.1) is 12.7 Å². The van der Waals surface area contributed by atoms with Crippen molar-refractivity contribution in [2.24, 2.45) is 0 Å². The van der Waals surface area contributed by atoms with Crippen LogP contribution in [0.2, 0.25) is 0 Å². The SMILES string of the molecule is CCCCc1ccc(N(CC)c2ccc3c(c2)Oc2cc(C)c(Nc4ccc(F)cc4)cc2C32OC(=O)c3ccccc32)cc1. The van der Waals surface area contributed by atoms with E-state index in [9.17, 15) is 9.18 Å². The zero-order chi connectivity index (χ0) is 31.1. The number of aryl methyl sites for hydroxylation is 2. The summed E-state index contributed by atoms with van der Waals surface area (Å²) in [4.78, 5) is 15.7. The summed E-state index contributed by atoms with van der Waals surface area (Å²) in [5.74, 6) is 0.586. The van der Waals surface area contributed by atoms with Crippen LogP contribution in [-0.2, 0) is 16.8 Å².